The summed E-state index contributed by atoms with van der Waals surface area (Å²) in [5.41, 5.74) is 2.53. The van der Waals surface area contributed by atoms with E-state index in [-0.39, 0.29) is 12.7 Å². The molecule has 8 heteroatoms. The number of aromatic nitrogens is 2. The Labute approximate surface area is 175 Å². The molecule has 2 aromatic carbocycles. The van der Waals surface area contributed by atoms with Crippen molar-refractivity contribution >= 4 is 39.4 Å². The fourth-order valence-corrected chi connectivity index (χ4v) is 4.64. The van der Waals surface area contributed by atoms with Gasteiger partial charge in [0, 0.05) is 10.9 Å². The summed E-state index contributed by atoms with van der Waals surface area (Å²) in [6.45, 7) is 2.14. The Morgan fingerprint density at radius 1 is 1.10 bits per heavy atom. The third kappa shape index (κ3) is 3.37. The number of carbonyl (C=O) groups is 1. The first-order valence-corrected chi connectivity index (χ1v) is 10.6. The molecule has 5 rings (SSSR count). The molecule has 0 saturated heterocycles. The molecule has 0 saturated carbocycles. The van der Waals surface area contributed by atoms with Crippen molar-refractivity contribution in [1.29, 1.82) is 0 Å². The Morgan fingerprint density at radius 2 is 1.93 bits per heavy atom. The van der Waals surface area contributed by atoms with E-state index in [0.717, 1.165) is 27.7 Å². The van der Waals surface area contributed by atoms with Crippen LogP contribution in [-0.2, 0) is 0 Å². The number of rotatable bonds is 4. The lowest BCUT2D eigenvalue weighted by molar-refractivity contribution is 0.100. The van der Waals surface area contributed by atoms with Gasteiger partial charge < -0.3 is 9.47 Å². The molecule has 0 unspecified atom stereocenters. The van der Waals surface area contributed by atoms with Gasteiger partial charge in [-0.3, -0.25) is 9.69 Å². The van der Waals surface area contributed by atoms with Crippen LogP contribution in [0.4, 0.5) is 10.8 Å². The zero-order chi connectivity index (χ0) is 19.8. The molecule has 2 aromatic heterocycles. The molecule has 0 radical (unpaired) electrons. The van der Waals surface area contributed by atoms with Crippen LogP contribution in [0.25, 0.3) is 10.6 Å². The van der Waals surface area contributed by atoms with Crippen molar-refractivity contribution in [1.82, 2.24) is 9.97 Å². The second-order valence-electron chi connectivity index (χ2n) is 6.35. The first-order chi connectivity index (χ1) is 14.2. The fourth-order valence-electron chi connectivity index (χ4n) is 2.98. The minimum atomic E-state index is -0.157. The minimum absolute atomic E-state index is 0.157. The van der Waals surface area contributed by atoms with Gasteiger partial charge in [0.25, 0.3) is 5.91 Å². The summed E-state index contributed by atoms with van der Waals surface area (Å²) in [6, 6.07) is 15.2. The summed E-state index contributed by atoms with van der Waals surface area (Å²) in [6.07, 6.45) is 1.61. The number of hydrogen-bond donors (Lipinski definition) is 0. The number of para-hydroxylation sites is 1. The normalized spacial score (nSPS) is 12.2. The van der Waals surface area contributed by atoms with Crippen molar-refractivity contribution in [3.8, 4) is 22.1 Å². The average molecular weight is 422 g/mol. The van der Waals surface area contributed by atoms with Crippen LogP contribution in [0, 0.1) is 6.92 Å². The van der Waals surface area contributed by atoms with Gasteiger partial charge in [0.15, 0.2) is 16.6 Å². The zero-order valence-electron chi connectivity index (χ0n) is 15.4. The Kier molecular flexibility index (Phi) is 4.49. The van der Waals surface area contributed by atoms with Crippen molar-refractivity contribution in [3.05, 3.63) is 70.7 Å². The number of fused-ring (bicyclic) bond motifs is 1. The Bertz CT molecular complexity index is 1190. The van der Waals surface area contributed by atoms with E-state index in [9.17, 15) is 4.79 Å². The summed E-state index contributed by atoms with van der Waals surface area (Å²) in [4.78, 5) is 24.6. The number of benzene rings is 2. The van der Waals surface area contributed by atoms with Crippen LogP contribution in [0.15, 0.2) is 60.1 Å². The molecule has 1 aliphatic rings. The molecular weight excluding hydrogens is 406 g/mol. The van der Waals surface area contributed by atoms with Gasteiger partial charge in [-0.2, -0.15) is 0 Å². The first kappa shape index (κ1) is 17.8. The molecule has 0 atom stereocenters. The summed E-state index contributed by atoms with van der Waals surface area (Å²) < 4.78 is 10.8. The lowest BCUT2D eigenvalue weighted by atomic mass is 10.2. The summed E-state index contributed by atoms with van der Waals surface area (Å²) >= 11 is 2.78. The topological polar surface area (TPSA) is 64.6 Å². The quantitative estimate of drug-likeness (QED) is 0.448. The van der Waals surface area contributed by atoms with Crippen LogP contribution in [0.3, 0.4) is 0 Å². The average Bonchev–Trinajstić information content (AvgIpc) is 3.49. The highest BCUT2D eigenvalue weighted by Crippen LogP contribution is 2.38. The highest BCUT2D eigenvalue weighted by molar-refractivity contribution is 7.17. The summed E-state index contributed by atoms with van der Waals surface area (Å²) in [5, 5.41) is 3.32. The molecule has 0 fully saturated rings. The fraction of sp³-hybridized carbons (Fsp3) is 0.0952. The van der Waals surface area contributed by atoms with Crippen LogP contribution < -0.4 is 14.4 Å². The summed E-state index contributed by atoms with van der Waals surface area (Å²) in [5.74, 6) is 1.25. The molecule has 0 aliphatic carbocycles. The van der Waals surface area contributed by atoms with Gasteiger partial charge in [-0.05, 0) is 37.3 Å². The van der Waals surface area contributed by atoms with E-state index in [1.54, 1.807) is 11.1 Å². The van der Waals surface area contributed by atoms with Gasteiger partial charge in [-0.25, -0.2) is 9.97 Å². The molecule has 1 amide bonds. The van der Waals surface area contributed by atoms with E-state index < -0.39 is 0 Å². The second kappa shape index (κ2) is 7.31. The number of thiazole rings is 2. The first-order valence-electron chi connectivity index (χ1n) is 8.86. The maximum atomic E-state index is 13.4. The van der Waals surface area contributed by atoms with Gasteiger partial charge >= 0.3 is 0 Å². The van der Waals surface area contributed by atoms with Crippen LogP contribution >= 0.6 is 22.7 Å². The molecule has 29 heavy (non-hydrogen) atoms. The number of carbonyl (C=O) groups excluding carboxylic acids is 1. The number of anilines is 2. The molecule has 4 aromatic rings. The van der Waals surface area contributed by atoms with Crippen LogP contribution in [-0.4, -0.2) is 22.7 Å². The van der Waals surface area contributed by atoms with E-state index in [2.05, 4.69) is 9.97 Å². The highest BCUT2D eigenvalue weighted by Gasteiger charge is 2.25. The standard InChI is InChI=1S/C21H15N3O3S2/c1-13-11-28-21(23-13)24(15-5-3-2-4-6-15)20(25)18-10-22-19(29-18)14-7-8-16-17(9-14)27-12-26-16/h2-11H,12H2,1H3. The Hall–Kier alpha value is -3.23. The lowest BCUT2D eigenvalue weighted by Crippen LogP contribution is -2.25. The molecule has 0 spiro atoms. The van der Waals surface area contributed by atoms with Gasteiger partial charge in [0.2, 0.25) is 6.79 Å². The predicted octanol–water partition coefficient (Wildman–Crippen LogP) is 5.28. The Morgan fingerprint density at radius 3 is 2.72 bits per heavy atom. The molecule has 1 aliphatic heterocycles. The smallest absolute Gasteiger partial charge is 0.276 e. The number of ether oxygens (including phenoxy) is 2. The number of nitrogens with zero attached hydrogens (tertiary/aromatic N) is 3. The van der Waals surface area contributed by atoms with E-state index in [1.165, 1.54) is 22.7 Å². The van der Waals surface area contributed by atoms with E-state index in [4.69, 9.17) is 9.47 Å². The number of aryl methyl sites for hydroxylation is 1. The van der Waals surface area contributed by atoms with Crippen molar-refractivity contribution in [2.75, 3.05) is 11.7 Å². The zero-order valence-corrected chi connectivity index (χ0v) is 17.0. The van der Waals surface area contributed by atoms with E-state index in [1.807, 2.05) is 60.8 Å². The molecule has 144 valence electrons. The highest BCUT2D eigenvalue weighted by atomic mass is 32.1. The summed E-state index contributed by atoms with van der Waals surface area (Å²) in [7, 11) is 0. The van der Waals surface area contributed by atoms with Gasteiger partial charge in [-0.15, -0.1) is 22.7 Å². The van der Waals surface area contributed by atoms with Crippen molar-refractivity contribution in [2.24, 2.45) is 0 Å². The third-order valence-electron chi connectivity index (χ3n) is 4.35. The van der Waals surface area contributed by atoms with E-state index >= 15 is 0 Å². The van der Waals surface area contributed by atoms with E-state index in [0.29, 0.717) is 15.8 Å². The lowest BCUT2D eigenvalue weighted by Gasteiger charge is -2.19. The number of amides is 1. The SMILES string of the molecule is Cc1csc(N(C(=O)c2cnc(-c3ccc4c(c3)OCO4)s2)c2ccccc2)n1. The maximum Gasteiger partial charge on any atom is 0.276 e. The van der Waals surface area contributed by atoms with Crippen molar-refractivity contribution < 1.29 is 14.3 Å². The number of hydrogen-bond acceptors (Lipinski definition) is 7. The van der Waals surface area contributed by atoms with Crippen molar-refractivity contribution in [3.63, 3.8) is 0 Å². The monoisotopic (exact) mass is 421 g/mol. The van der Waals surface area contributed by atoms with Gasteiger partial charge in [-0.1, -0.05) is 18.2 Å². The largest absolute Gasteiger partial charge is 0.454 e. The van der Waals surface area contributed by atoms with Crippen molar-refractivity contribution in [2.45, 2.75) is 6.92 Å². The minimum Gasteiger partial charge on any atom is -0.454 e. The molecule has 3 heterocycles. The molecule has 0 N–H and O–H groups in total. The maximum absolute atomic E-state index is 13.4. The van der Waals surface area contributed by atoms with Crippen LogP contribution in [0.5, 0.6) is 11.5 Å². The molecular formula is C21H15N3O3S2. The van der Waals surface area contributed by atoms with Crippen LogP contribution in [0.2, 0.25) is 0 Å². The van der Waals surface area contributed by atoms with Gasteiger partial charge in [0.05, 0.1) is 17.6 Å². The van der Waals surface area contributed by atoms with Crippen LogP contribution in [0.1, 0.15) is 15.4 Å². The van der Waals surface area contributed by atoms with Gasteiger partial charge in [0.1, 0.15) is 9.88 Å². The predicted molar refractivity (Wildman–Crippen MR) is 113 cm³/mol. The second-order valence-corrected chi connectivity index (χ2v) is 8.21. The molecule has 6 nitrogen and oxygen atoms in total. The Balaban J connectivity index is 1.50. The molecule has 0 bridgehead atoms. The third-order valence-corrected chi connectivity index (χ3v) is 6.33.